The third kappa shape index (κ3) is 3.90. The maximum Gasteiger partial charge on any atom is 0.217 e. The molecule has 1 rings (SSSR count). The molecule has 0 aliphatic heterocycles. The molecule has 1 N–H and O–H groups in total. The lowest BCUT2D eigenvalue weighted by Gasteiger charge is -2.02. The molecule has 0 saturated carbocycles. The molecule has 74 valence electrons. The Bertz CT molecular complexity index is 327. The summed E-state index contributed by atoms with van der Waals surface area (Å²) in [7, 11) is 0. The number of hydrogen-bond acceptors (Lipinski definition) is 1. The first kappa shape index (κ1) is 10.5. The van der Waals surface area contributed by atoms with E-state index in [0.29, 0.717) is 6.54 Å². The molecule has 1 aromatic rings. The van der Waals surface area contributed by atoms with Crippen LogP contribution in [0.4, 0.5) is 0 Å². The zero-order chi connectivity index (χ0) is 10.4. The minimum Gasteiger partial charge on any atom is -0.353 e. The topological polar surface area (TPSA) is 29.1 Å². The van der Waals surface area contributed by atoms with E-state index in [4.69, 9.17) is 0 Å². The Morgan fingerprint density at radius 2 is 1.93 bits per heavy atom. The predicted molar refractivity (Wildman–Crippen MR) is 58.8 cm³/mol. The number of carbonyl (C=O) groups excluding carboxylic acids is 1. The van der Waals surface area contributed by atoms with E-state index in [0.717, 1.165) is 11.1 Å². The van der Waals surface area contributed by atoms with Crippen molar-refractivity contribution in [1.82, 2.24) is 5.32 Å². The van der Waals surface area contributed by atoms with Crippen LogP contribution in [0.5, 0.6) is 0 Å². The SMILES string of the molecule is CC(=O)NC/C(C)=C/c1ccccc1. The highest BCUT2D eigenvalue weighted by Gasteiger charge is 1.92. The molecule has 0 saturated heterocycles. The van der Waals surface area contributed by atoms with E-state index in [1.165, 1.54) is 6.92 Å². The van der Waals surface area contributed by atoms with Crippen LogP contribution in [0, 0.1) is 0 Å². The Hall–Kier alpha value is -1.57. The van der Waals surface area contributed by atoms with Gasteiger partial charge in [0.25, 0.3) is 0 Å². The molecule has 14 heavy (non-hydrogen) atoms. The zero-order valence-electron chi connectivity index (χ0n) is 8.58. The third-order valence-electron chi connectivity index (χ3n) is 1.83. The minimum atomic E-state index is 0.00538. The average molecular weight is 189 g/mol. The van der Waals surface area contributed by atoms with Gasteiger partial charge in [-0.3, -0.25) is 4.79 Å². The van der Waals surface area contributed by atoms with E-state index >= 15 is 0 Å². The van der Waals surface area contributed by atoms with Crippen LogP contribution < -0.4 is 5.32 Å². The van der Waals surface area contributed by atoms with Crippen molar-refractivity contribution in [3.8, 4) is 0 Å². The van der Waals surface area contributed by atoms with Gasteiger partial charge < -0.3 is 5.32 Å². The van der Waals surface area contributed by atoms with Crippen molar-refractivity contribution >= 4 is 12.0 Å². The molecule has 0 radical (unpaired) electrons. The number of amides is 1. The van der Waals surface area contributed by atoms with Crippen LogP contribution in [0.3, 0.4) is 0 Å². The molecular weight excluding hydrogens is 174 g/mol. The van der Waals surface area contributed by atoms with Gasteiger partial charge in [0.1, 0.15) is 0 Å². The van der Waals surface area contributed by atoms with E-state index in [2.05, 4.69) is 11.4 Å². The minimum absolute atomic E-state index is 0.00538. The van der Waals surface area contributed by atoms with Crippen LogP contribution in [0.2, 0.25) is 0 Å². The molecule has 0 aliphatic rings. The molecule has 2 heteroatoms. The summed E-state index contributed by atoms with van der Waals surface area (Å²) in [5.74, 6) is 0.00538. The summed E-state index contributed by atoms with van der Waals surface area (Å²) in [6, 6.07) is 10.1. The van der Waals surface area contributed by atoms with Crippen LogP contribution >= 0.6 is 0 Å². The van der Waals surface area contributed by atoms with Crippen LogP contribution in [0.25, 0.3) is 6.08 Å². The van der Waals surface area contributed by atoms with Crippen LogP contribution in [-0.2, 0) is 4.79 Å². The monoisotopic (exact) mass is 189 g/mol. The number of nitrogens with one attached hydrogen (secondary N) is 1. The van der Waals surface area contributed by atoms with Crippen molar-refractivity contribution in [1.29, 1.82) is 0 Å². The molecule has 0 spiro atoms. The summed E-state index contributed by atoms with van der Waals surface area (Å²) in [5, 5.41) is 2.76. The van der Waals surface area contributed by atoms with E-state index in [-0.39, 0.29) is 5.91 Å². The molecule has 0 heterocycles. The Labute approximate surface area is 84.6 Å². The van der Waals surface area contributed by atoms with Gasteiger partial charge in [-0.05, 0) is 12.5 Å². The largest absolute Gasteiger partial charge is 0.353 e. The molecule has 0 fully saturated rings. The van der Waals surface area contributed by atoms with Gasteiger partial charge in [0, 0.05) is 13.5 Å². The van der Waals surface area contributed by atoms with Crippen molar-refractivity contribution < 1.29 is 4.79 Å². The number of rotatable bonds is 3. The molecule has 1 aromatic carbocycles. The van der Waals surface area contributed by atoms with Crippen molar-refractivity contribution in [2.75, 3.05) is 6.54 Å². The standard InChI is InChI=1S/C12H15NO/c1-10(9-13-11(2)14)8-12-6-4-3-5-7-12/h3-8H,9H2,1-2H3,(H,13,14)/b10-8+. The molecule has 0 aliphatic carbocycles. The summed E-state index contributed by atoms with van der Waals surface area (Å²) in [6.07, 6.45) is 2.07. The van der Waals surface area contributed by atoms with Crippen molar-refractivity contribution in [3.05, 3.63) is 41.5 Å². The van der Waals surface area contributed by atoms with Crippen molar-refractivity contribution in [2.24, 2.45) is 0 Å². The van der Waals surface area contributed by atoms with E-state index in [1.54, 1.807) is 0 Å². The van der Waals surface area contributed by atoms with Crippen LogP contribution in [-0.4, -0.2) is 12.5 Å². The first-order chi connectivity index (χ1) is 6.68. The summed E-state index contributed by atoms with van der Waals surface area (Å²) in [4.78, 5) is 10.7. The molecule has 2 nitrogen and oxygen atoms in total. The lowest BCUT2D eigenvalue weighted by atomic mass is 10.1. The maximum atomic E-state index is 10.7. The number of benzene rings is 1. The molecule has 0 atom stereocenters. The highest BCUT2D eigenvalue weighted by molar-refractivity contribution is 5.73. The van der Waals surface area contributed by atoms with Gasteiger partial charge in [0.2, 0.25) is 5.91 Å². The van der Waals surface area contributed by atoms with Crippen molar-refractivity contribution in [3.63, 3.8) is 0 Å². The average Bonchev–Trinajstić information content (AvgIpc) is 2.16. The smallest absolute Gasteiger partial charge is 0.217 e. The second-order valence-corrected chi connectivity index (χ2v) is 3.31. The first-order valence-corrected chi connectivity index (χ1v) is 4.65. The quantitative estimate of drug-likeness (QED) is 0.776. The third-order valence-corrected chi connectivity index (χ3v) is 1.83. The van der Waals surface area contributed by atoms with Gasteiger partial charge in [-0.25, -0.2) is 0 Å². The van der Waals surface area contributed by atoms with E-state index in [1.807, 2.05) is 37.3 Å². The van der Waals surface area contributed by atoms with Crippen LogP contribution in [0.1, 0.15) is 19.4 Å². The molecule has 0 bridgehead atoms. The second-order valence-electron chi connectivity index (χ2n) is 3.31. The molecule has 0 unspecified atom stereocenters. The van der Waals surface area contributed by atoms with E-state index in [9.17, 15) is 4.79 Å². The first-order valence-electron chi connectivity index (χ1n) is 4.65. The molecular formula is C12H15NO. The fraction of sp³-hybridized carbons (Fsp3) is 0.250. The second kappa shape index (κ2) is 5.22. The Morgan fingerprint density at radius 3 is 2.50 bits per heavy atom. The van der Waals surface area contributed by atoms with Crippen LogP contribution in [0.15, 0.2) is 35.9 Å². The molecule has 0 aromatic heterocycles. The van der Waals surface area contributed by atoms with Crippen molar-refractivity contribution in [2.45, 2.75) is 13.8 Å². The zero-order valence-corrected chi connectivity index (χ0v) is 8.58. The summed E-state index contributed by atoms with van der Waals surface area (Å²) < 4.78 is 0. The lowest BCUT2D eigenvalue weighted by molar-refractivity contribution is -0.118. The van der Waals surface area contributed by atoms with Gasteiger partial charge in [0.05, 0.1) is 0 Å². The summed E-state index contributed by atoms with van der Waals surface area (Å²) in [6.45, 7) is 4.14. The normalized spacial score (nSPS) is 11.1. The Balaban J connectivity index is 2.56. The number of carbonyl (C=O) groups is 1. The van der Waals surface area contributed by atoms with Gasteiger partial charge in [-0.2, -0.15) is 0 Å². The van der Waals surface area contributed by atoms with Gasteiger partial charge in [-0.15, -0.1) is 0 Å². The predicted octanol–water partition coefficient (Wildman–Crippen LogP) is 2.23. The Kier molecular flexibility index (Phi) is 3.92. The van der Waals surface area contributed by atoms with Gasteiger partial charge >= 0.3 is 0 Å². The Morgan fingerprint density at radius 1 is 1.29 bits per heavy atom. The maximum absolute atomic E-state index is 10.7. The highest BCUT2D eigenvalue weighted by Crippen LogP contribution is 2.04. The summed E-state index contributed by atoms with van der Waals surface area (Å²) in [5.41, 5.74) is 2.31. The summed E-state index contributed by atoms with van der Waals surface area (Å²) >= 11 is 0. The fourth-order valence-electron chi connectivity index (χ4n) is 1.15. The molecule has 1 amide bonds. The van der Waals surface area contributed by atoms with Gasteiger partial charge in [-0.1, -0.05) is 42.0 Å². The highest BCUT2D eigenvalue weighted by atomic mass is 16.1. The van der Waals surface area contributed by atoms with E-state index < -0.39 is 0 Å². The fourth-order valence-corrected chi connectivity index (χ4v) is 1.15. The lowest BCUT2D eigenvalue weighted by Crippen LogP contribution is -2.21. The van der Waals surface area contributed by atoms with Gasteiger partial charge in [0.15, 0.2) is 0 Å². The number of hydrogen-bond donors (Lipinski definition) is 1.